The Morgan fingerprint density at radius 1 is 1.47 bits per heavy atom. The quantitative estimate of drug-likeness (QED) is 0.769. The van der Waals surface area contributed by atoms with Crippen molar-refractivity contribution in [1.29, 1.82) is 0 Å². The first-order valence-corrected chi connectivity index (χ1v) is 6.95. The molecule has 1 aliphatic heterocycles. The van der Waals surface area contributed by atoms with Crippen molar-refractivity contribution in [1.82, 2.24) is 0 Å². The Bertz CT molecular complexity index is 566. The van der Waals surface area contributed by atoms with E-state index in [1.165, 1.54) is 4.90 Å². The second-order valence-corrected chi connectivity index (χ2v) is 6.12. The summed E-state index contributed by atoms with van der Waals surface area (Å²) in [6, 6.07) is 4.99. The molecule has 0 aliphatic carbocycles. The fourth-order valence-corrected chi connectivity index (χ4v) is 3.32. The van der Waals surface area contributed by atoms with Crippen LogP contribution in [0.15, 0.2) is 23.1 Å². The number of hydrogen-bond acceptors (Lipinski definition) is 4. The molecule has 92 valence electrons. The summed E-state index contributed by atoms with van der Waals surface area (Å²) in [6.45, 7) is 1.91. The predicted molar refractivity (Wildman–Crippen MR) is 64.6 cm³/mol. The zero-order valence-corrected chi connectivity index (χ0v) is 10.3. The Balaban J connectivity index is 2.61. The highest BCUT2D eigenvalue weighted by Gasteiger charge is 2.30. The number of carbonyl (C=O) groups is 1. The molecule has 5 nitrogen and oxygen atoms in total. The maximum Gasteiger partial charge on any atom is 0.240 e. The van der Waals surface area contributed by atoms with E-state index in [-0.39, 0.29) is 29.6 Å². The van der Waals surface area contributed by atoms with Gasteiger partial charge in [-0.15, -0.1) is 0 Å². The maximum absolute atomic E-state index is 11.9. The van der Waals surface area contributed by atoms with E-state index in [0.29, 0.717) is 5.69 Å². The lowest BCUT2D eigenvalue weighted by Crippen LogP contribution is -2.42. The van der Waals surface area contributed by atoms with Crippen molar-refractivity contribution in [2.75, 3.05) is 23.7 Å². The molecule has 2 rings (SSSR count). The average molecular weight is 254 g/mol. The summed E-state index contributed by atoms with van der Waals surface area (Å²) in [6.07, 6.45) is 0. The van der Waals surface area contributed by atoms with Gasteiger partial charge in [0.25, 0.3) is 0 Å². The SMILES string of the molecule is Cc1ccc2c(c1)N(C(=O)CN)CCS2(=O)=O. The van der Waals surface area contributed by atoms with Crippen molar-refractivity contribution < 1.29 is 13.2 Å². The number of amides is 1. The van der Waals surface area contributed by atoms with Crippen LogP contribution in [0, 0.1) is 6.92 Å². The minimum atomic E-state index is -3.27. The molecule has 0 bridgehead atoms. The van der Waals surface area contributed by atoms with Gasteiger partial charge in [-0.1, -0.05) is 6.07 Å². The van der Waals surface area contributed by atoms with Crippen LogP contribution in [0.4, 0.5) is 5.69 Å². The van der Waals surface area contributed by atoms with Gasteiger partial charge < -0.3 is 10.6 Å². The molecule has 17 heavy (non-hydrogen) atoms. The van der Waals surface area contributed by atoms with Crippen molar-refractivity contribution in [2.24, 2.45) is 5.73 Å². The smallest absolute Gasteiger partial charge is 0.240 e. The Kier molecular flexibility index (Phi) is 2.92. The van der Waals surface area contributed by atoms with E-state index >= 15 is 0 Å². The minimum Gasteiger partial charge on any atom is -0.322 e. The molecule has 0 spiro atoms. The van der Waals surface area contributed by atoms with Crippen molar-refractivity contribution in [3.63, 3.8) is 0 Å². The summed E-state index contributed by atoms with van der Waals surface area (Å²) in [5.74, 6) is -0.304. The summed E-state index contributed by atoms with van der Waals surface area (Å²) in [7, 11) is -3.27. The molecule has 0 saturated heterocycles. The Morgan fingerprint density at radius 3 is 2.82 bits per heavy atom. The topological polar surface area (TPSA) is 80.5 Å². The molecule has 0 radical (unpaired) electrons. The number of fused-ring (bicyclic) bond motifs is 1. The van der Waals surface area contributed by atoms with E-state index < -0.39 is 9.84 Å². The van der Waals surface area contributed by atoms with Crippen molar-refractivity contribution in [2.45, 2.75) is 11.8 Å². The molecule has 6 heteroatoms. The van der Waals surface area contributed by atoms with Gasteiger partial charge in [-0.2, -0.15) is 0 Å². The lowest BCUT2D eigenvalue weighted by molar-refractivity contribution is -0.117. The summed E-state index contributed by atoms with van der Waals surface area (Å²) in [5.41, 5.74) is 6.69. The highest BCUT2D eigenvalue weighted by Crippen LogP contribution is 2.31. The number of hydrogen-bond donors (Lipinski definition) is 1. The molecule has 0 saturated carbocycles. The van der Waals surface area contributed by atoms with Crippen LogP contribution in [0.1, 0.15) is 5.56 Å². The number of anilines is 1. The summed E-state index contributed by atoms with van der Waals surface area (Å²) in [5, 5.41) is 0. The van der Waals surface area contributed by atoms with Crippen LogP contribution in [0.2, 0.25) is 0 Å². The van der Waals surface area contributed by atoms with Gasteiger partial charge in [0, 0.05) is 6.54 Å². The number of sulfone groups is 1. The molecule has 1 heterocycles. The minimum absolute atomic E-state index is 0.0468. The molecule has 0 unspecified atom stereocenters. The van der Waals surface area contributed by atoms with Crippen molar-refractivity contribution in [3.8, 4) is 0 Å². The van der Waals surface area contributed by atoms with Crippen LogP contribution in [0.25, 0.3) is 0 Å². The van der Waals surface area contributed by atoms with E-state index in [2.05, 4.69) is 0 Å². The number of benzene rings is 1. The largest absolute Gasteiger partial charge is 0.322 e. The fourth-order valence-electron chi connectivity index (χ4n) is 1.91. The van der Waals surface area contributed by atoms with Crippen LogP contribution in [0.3, 0.4) is 0 Å². The molecular weight excluding hydrogens is 240 g/mol. The van der Waals surface area contributed by atoms with Crippen LogP contribution in [0.5, 0.6) is 0 Å². The molecule has 1 aromatic carbocycles. The van der Waals surface area contributed by atoms with E-state index in [4.69, 9.17) is 5.73 Å². The molecule has 0 fully saturated rings. The number of nitrogens with zero attached hydrogens (tertiary/aromatic N) is 1. The van der Waals surface area contributed by atoms with Crippen LogP contribution >= 0.6 is 0 Å². The van der Waals surface area contributed by atoms with Gasteiger partial charge in [0.15, 0.2) is 9.84 Å². The molecule has 1 aliphatic rings. The van der Waals surface area contributed by atoms with Crippen LogP contribution < -0.4 is 10.6 Å². The Hall–Kier alpha value is -1.40. The number of rotatable bonds is 1. The van der Waals surface area contributed by atoms with Crippen LogP contribution in [-0.4, -0.2) is 33.2 Å². The average Bonchev–Trinajstić information content (AvgIpc) is 2.27. The van der Waals surface area contributed by atoms with Gasteiger partial charge in [-0.25, -0.2) is 8.42 Å². The van der Waals surface area contributed by atoms with Gasteiger partial charge in [-0.05, 0) is 24.6 Å². The molecule has 1 amide bonds. The summed E-state index contributed by atoms with van der Waals surface area (Å²) < 4.78 is 23.7. The zero-order valence-electron chi connectivity index (χ0n) is 9.51. The van der Waals surface area contributed by atoms with Crippen molar-refractivity contribution >= 4 is 21.4 Å². The van der Waals surface area contributed by atoms with E-state index in [0.717, 1.165) is 5.56 Å². The van der Waals surface area contributed by atoms with Crippen LogP contribution in [-0.2, 0) is 14.6 Å². The molecule has 0 aromatic heterocycles. The van der Waals surface area contributed by atoms with Gasteiger partial charge in [0.1, 0.15) is 0 Å². The highest BCUT2D eigenvalue weighted by atomic mass is 32.2. The van der Waals surface area contributed by atoms with Gasteiger partial charge in [0.05, 0.1) is 22.9 Å². The Labute approximate surface area is 100 Å². The molecular formula is C11H14N2O3S. The molecule has 0 atom stereocenters. The van der Waals surface area contributed by atoms with Crippen molar-refractivity contribution in [3.05, 3.63) is 23.8 Å². The first-order valence-electron chi connectivity index (χ1n) is 5.29. The standard InChI is InChI=1S/C11H14N2O3S/c1-8-2-3-10-9(6-8)13(11(14)7-12)4-5-17(10,15)16/h2-3,6H,4-5,7,12H2,1H3. The van der Waals surface area contributed by atoms with Gasteiger partial charge in [0.2, 0.25) is 5.91 Å². The number of carbonyl (C=O) groups excluding carboxylic acids is 1. The van der Waals surface area contributed by atoms with Gasteiger partial charge in [-0.3, -0.25) is 4.79 Å². The predicted octanol–water partition coefficient (Wildman–Crippen LogP) is 0.0740. The first-order chi connectivity index (χ1) is 7.95. The monoisotopic (exact) mass is 254 g/mol. The molecule has 1 aromatic rings. The van der Waals surface area contributed by atoms with Gasteiger partial charge >= 0.3 is 0 Å². The summed E-state index contributed by atoms with van der Waals surface area (Å²) >= 11 is 0. The van der Waals surface area contributed by atoms with E-state index in [9.17, 15) is 13.2 Å². The summed E-state index contributed by atoms with van der Waals surface area (Å²) in [4.78, 5) is 13.3. The lowest BCUT2D eigenvalue weighted by atomic mass is 10.2. The normalized spacial score (nSPS) is 17.6. The third kappa shape index (κ3) is 2.05. The highest BCUT2D eigenvalue weighted by molar-refractivity contribution is 7.91. The second kappa shape index (κ2) is 4.12. The Morgan fingerprint density at radius 2 is 2.18 bits per heavy atom. The zero-order chi connectivity index (χ0) is 12.6. The van der Waals surface area contributed by atoms with E-state index in [1.54, 1.807) is 18.2 Å². The molecule has 2 N–H and O–H groups in total. The fraction of sp³-hybridized carbons (Fsp3) is 0.364. The number of nitrogens with two attached hydrogens (primary N) is 1. The first kappa shape index (κ1) is 12.1. The third-order valence-electron chi connectivity index (χ3n) is 2.80. The second-order valence-electron chi connectivity index (χ2n) is 4.04. The lowest BCUT2D eigenvalue weighted by Gasteiger charge is -2.29. The third-order valence-corrected chi connectivity index (χ3v) is 4.53. The van der Waals surface area contributed by atoms with E-state index in [1.807, 2.05) is 6.92 Å². The number of aryl methyl sites for hydroxylation is 1. The maximum atomic E-state index is 11.9.